The minimum absolute atomic E-state index is 0. The maximum absolute atomic E-state index is 13.7. The number of methoxy groups -OCH3 is 1. The Kier molecular flexibility index (Phi) is 6.51. The smallest absolute Gasteiger partial charge is 0.257 e. The molecular formula is C14H19ClF2N2O2. The lowest BCUT2D eigenvalue weighted by molar-refractivity contribution is 0.0137. The van der Waals surface area contributed by atoms with Crippen molar-refractivity contribution in [3.63, 3.8) is 0 Å². The topological polar surface area (TPSA) is 55.6 Å². The minimum atomic E-state index is -0.848. The second-order valence-electron chi connectivity index (χ2n) is 4.89. The van der Waals surface area contributed by atoms with Gasteiger partial charge >= 0.3 is 0 Å². The molecule has 1 amide bonds. The van der Waals surface area contributed by atoms with E-state index in [4.69, 9.17) is 10.5 Å². The van der Waals surface area contributed by atoms with E-state index in [1.165, 1.54) is 6.07 Å². The molecule has 0 radical (unpaired) electrons. The maximum atomic E-state index is 13.7. The summed E-state index contributed by atoms with van der Waals surface area (Å²) in [7, 11) is 1.62. The molecule has 1 heterocycles. The number of carbonyl (C=O) groups excluding carboxylic acids is 1. The molecule has 0 bridgehead atoms. The zero-order valence-corrected chi connectivity index (χ0v) is 12.5. The van der Waals surface area contributed by atoms with Gasteiger partial charge in [0.25, 0.3) is 5.91 Å². The third-order valence-electron chi connectivity index (χ3n) is 3.70. The molecule has 4 nitrogen and oxygen atoms in total. The van der Waals surface area contributed by atoms with Crippen LogP contribution in [0.4, 0.5) is 8.78 Å². The lowest BCUT2D eigenvalue weighted by Gasteiger charge is -2.38. The first-order valence-electron chi connectivity index (χ1n) is 6.55. The predicted molar refractivity (Wildman–Crippen MR) is 77.5 cm³/mol. The summed E-state index contributed by atoms with van der Waals surface area (Å²) in [5.74, 6) is -2.00. The Morgan fingerprint density at radius 3 is 2.76 bits per heavy atom. The van der Waals surface area contributed by atoms with Crippen LogP contribution < -0.4 is 5.73 Å². The van der Waals surface area contributed by atoms with E-state index in [0.717, 1.165) is 6.07 Å². The Morgan fingerprint density at radius 2 is 2.19 bits per heavy atom. The highest BCUT2D eigenvalue weighted by molar-refractivity contribution is 5.94. The molecular weight excluding hydrogens is 302 g/mol. The van der Waals surface area contributed by atoms with E-state index < -0.39 is 17.5 Å². The molecule has 1 aliphatic heterocycles. The van der Waals surface area contributed by atoms with E-state index in [2.05, 4.69) is 0 Å². The van der Waals surface area contributed by atoms with Gasteiger partial charge < -0.3 is 15.4 Å². The molecule has 1 aliphatic rings. The van der Waals surface area contributed by atoms with Gasteiger partial charge in [0.1, 0.15) is 11.6 Å². The third kappa shape index (κ3) is 3.90. The molecule has 2 unspecified atom stereocenters. The van der Waals surface area contributed by atoms with E-state index >= 15 is 0 Å². The van der Waals surface area contributed by atoms with E-state index in [9.17, 15) is 13.6 Å². The third-order valence-corrected chi connectivity index (χ3v) is 3.70. The number of nitrogens with zero attached hydrogens (tertiary/aromatic N) is 1. The molecule has 1 fully saturated rings. The Bertz CT molecular complexity index is 502. The van der Waals surface area contributed by atoms with Crippen LogP contribution in [0.5, 0.6) is 0 Å². The summed E-state index contributed by atoms with van der Waals surface area (Å²) in [6.07, 6.45) is 1.37. The van der Waals surface area contributed by atoms with Gasteiger partial charge in [0, 0.05) is 32.3 Å². The van der Waals surface area contributed by atoms with Crippen molar-refractivity contribution in [1.29, 1.82) is 0 Å². The van der Waals surface area contributed by atoms with Gasteiger partial charge in [-0.1, -0.05) is 0 Å². The number of hydrogen-bond acceptors (Lipinski definition) is 3. The van der Waals surface area contributed by atoms with Crippen LogP contribution in [0.15, 0.2) is 18.2 Å². The molecule has 1 aromatic carbocycles. The van der Waals surface area contributed by atoms with Crippen molar-refractivity contribution in [2.45, 2.75) is 25.0 Å². The number of rotatable bonds is 3. The number of carbonyl (C=O) groups is 1. The molecule has 1 saturated heterocycles. The van der Waals surface area contributed by atoms with Crippen LogP contribution in [0.25, 0.3) is 0 Å². The molecule has 0 aromatic heterocycles. The monoisotopic (exact) mass is 320 g/mol. The summed E-state index contributed by atoms with van der Waals surface area (Å²) in [6, 6.07) is 2.77. The first kappa shape index (κ1) is 17.8. The molecule has 2 N–H and O–H groups in total. The molecule has 7 heteroatoms. The fourth-order valence-corrected chi connectivity index (χ4v) is 2.54. The van der Waals surface area contributed by atoms with E-state index in [-0.39, 0.29) is 36.7 Å². The zero-order valence-electron chi connectivity index (χ0n) is 11.7. The van der Waals surface area contributed by atoms with Gasteiger partial charge in [0.15, 0.2) is 0 Å². The average Bonchev–Trinajstić information content (AvgIpc) is 2.46. The number of benzene rings is 1. The van der Waals surface area contributed by atoms with Gasteiger partial charge in [0.2, 0.25) is 0 Å². The Balaban J connectivity index is 0.00000220. The Labute approximate surface area is 128 Å². The summed E-state index contributed by atoms with van der Waals surface area (Å²) in [4.78, 5) is 13.9. The van der Waals surface area contributed by atoms with Crippen LogP contribution >= 0.6 is 12.4 Å². The van der Waals surface area contributed by atoms with Gasteiger partial charge in [-0.25, -0.2) is 8.78 Å². The highest BCUT2D eigenvalue weighted by atomic mass is 35.5. The number of amides is 1. The van der Waals surface area contributed by atoms with Gasteiger partial charge in [-0.3, -0.25) is 4.79 Å². The van der Waals surface area contributed by atoms with Gasteiger partial charge in [-0.2, -0.15) is 0 Å². The number of halogens is 3. The van der Waals surface area contributed by atoms with Crippen molar-refractivity contribution in [3.05, 3.63) is 35.4 Å². The van der Waals surface area contributed by atoms with Crippen molar-refractivity contribution < 1.29 is 18.3 Å². The lowest BCUT2D eigenvalue weighted by atomic mass is 9.98. The van der Waals surface area contributed by atoms with Crippen molar-refractivity contribution in [1.82, 2.24) is 4.90 Å². The van der Waals surface area contributed by atoms with Crippen molar-refractivity contribution >= 4 is 18.3 Å². The second-order valence-corrected chi connectivity index (χ2v) is 4.89. The average molecular weight is 321 g/mol. The first-order valence-corrected chi connectivity index (χ1v) is 6.55. The number of likely N-dealkylation sites (tertiary alicyclic amines) is 1. The highest BCUT2D eigenvalue weighted by Gasteiger charge is 2.32. The van der Waals surface area contributed by atoms with Crippen molar-refractivity contribution in [2.75, 3.05) is 20.2 Å². The molecule has 21 heavy (non-hydrogen) atoms. The van der Waals surface area contributed by atoms with Gasteiger partial charge in [-0.15, -0.1) is 12.4 Å². The van der Waals surface area contributed by atoms with Gasteiger partial charge in [0.05, 0.1) is 11.7 Å². The molecule has 1 aromatic rings. The summed E-state index contributed by atoms with van der Waals surface area (Å²) in [6.45, 7) is 0.741. The Hall–Kier alpha value is -1.24. The van der Waals surface area contributed by atoms with Gasteiger partial charge in [-0.05, 0) is 25.0 Å². The molecule has 0 aliphatic carbocycles. The van der Waals surface area contributed by atoms with Crippen molar-refractivity contribution in [3.8, 4) is 0 Å². The van der Waals surface area contributed by atoms with E-state index in [1.807, 2.05) is 0 Å². The summed E-state index contributed by atoms with van der Waals surface area (Å²) < 4.78 is 31.9. The fourth-order valence-electron chi connectivity index (χ4n) is 2.54. The van der Waals surface area contributed by atoms with Crippen LogP contribution in [0.3, 0.4) is 0 Å². The Morgan fingerprint density at radius 1 is 1.48 bits per heavy atom. The molecule has 118 valence electrons. The quantitative estimate of drug-likeness (QED) is 0.926. The standard InChI is InChI=1S/C14H18F2N2O2.ClH/c1-20-11-4-5-18(10(7-11)8-17)14(19)12-3-2-9(15)6-13(12)16;/h2-3,6,10-11H,4-5,7-8,17H2,1H3;1H. The molecule has 0 spiro atoms. The molecule has 0 saturated carbocycles. The first-order chi connectivity index (χ1) is 9.56. The summed E-state index contributed by atoms with van der Waals surface area (Å²) >= 11 is 0. The van der Waals surface area contributed by atoms with Crippen LogP contribution in [-0.2, 0) is 4.74 Å². The van der Waals surface area contributed by atoms with Crippen LogP contribution in [0, 0.1) is 11.6 Å². The van der Waals surface area contributed by atoms with Crippen LogP contribution in [-0.4, -0.2) is 43.2 Å². The lowest BCUT2D eigenvalue weighted by Crippen LogP contribution is -2.51. The number of hydrogen-bond donors (Lipinski definition) is 1. The van der Waals surface area contributed by atoms with Crippen LogP contribution in [0.2, 0.25) is 0 Å². The number of piperidine rings is 1. The fraction of sp³-hybridized carbons (Fsp3) is 0.500. The molecule has 2 rings (SSSR count). The minimum Gasteiger partial charge on any atom is -0.381 e. The van der Waals surface area contributed by atoms with Crippen LogP contribution in [0.1, 0.15) is 23.2 Å². The number of nitrogens with two attached hydrogens (primary N) is 1. The SMILES string of the molecule is COC1CCN(C(=O)c2ccc(F)cc2F)C(CN)C1.Cl. The highest BCUT2D eigenvalue weighted by Crippen LogP contribution is 2.22. The zero-order chi connectivity index (χ0) is 14.7. The predicted octanol–water partition coefficient (Wildman–Crippen LogP) is 1.96. The second kappa shape index (κ2) is 7.68. The number of ether oxygens (including phenoxy) is 1. The van der Waals surface area contributed by atoms with E-state index in [1.54, 1.807) is 12.0 Å². The van der Waals surface area contributed by atoms with Crippen molar-refractivity contribution in [2.24, 2.45) is 5.73 Å². The largest absolute Gasteiger partial charge is 0.381 e. The summed E-state index contributed by atoms with van der Waals surface area (Å²) in [5, 5.41) is 0. The summed E-state index contributed by atoms with van der Waals surface area (Å²) in [5.41, 5.74) is 5.56. The molecule has 2 atom stereocenters. The van der Waals surface area contributed by atoms with E-state index in [0.29, 0.717) is 25.5 Å². The normalized spacial score (nSPS) is 21.8. The maximum Gasteiger partial charge on any atom is 0.257 e.